The molecule has 0 saturated heterocycles. The molecule has 3 nitrogen and oxygen atoms in total. The van der Waals surface area contributed by atoms with Crippen molar-refractivity contribution in [1.82, 2.24) is 0 Å². The van der Waals surface area contributed by atoms with Gasteiger partial charge >= 0.3 is 24.4 Å². The summed E-state index contributed by atoms with van der Waals surface area (Å²) in [4.78, 5) is 9.98. The molecule has 0 unspecified atom stereocenters. The first-order valence-electron chi connectivity index (χ1n) is 3.05. The number of carbonyl (C=O) groups is 1. The van der Waals surface area contributed by atoms with Crippen LogP contribution in [0, 0.1) is 0 Å². The molecule has 0 aromatic rings. The van der Waals surface area contributed by atoms with Gasteiger partial charge in [0.25, 0.3) is 0 Å². The molecule has 0 aromatic heterocycles. The molecule has 0 amide bonds. The fourth-order valence-corrected chi connectivity index (χ4v) is 0.375. The van der Waals surface area contributed by atoms with Gasteiger partial charge in [0.15, 0.2) is 0 Å². The van der Waals surface area contributed by atoms with E-state index in [-0.39, 0.29) is 0 Å². The van der Waals surface area contributed by atoms with E-state index in [1.54, 1.807) is 0 Å². The van der Waals surface area contributed by atoms with Crippen LogP contribution in [0.1, 0.15) is 0 Å². The molecule has 0 heterocycles. The van der Waals surface area contributed by atoms with Gasteiger partial charge in [-0.05, 0) is 0 Å². The first-order valence-corrected chi connectivity index (χ1v) is 3.05. The zero-order chi connectivity index (χ0) is 12.5. The molecule has 0 bridgehead atoms. The maximum atomic E-state index is 12.1. The number of hydrogen-bond donors (Lipinski definition) is 0. The third kappa shape index (κ3) is 2.63. The summed E-state index contributed by atoms with van der Waals surface area (Å²) in [6.07, 6.45) is -14.9. The third-order valence-corrected chi connectivity index (χ3v) is 1.10. The van der Waals surface area contributed by atoms with Crippen molar-refractivity contribution < 1.29 is 45.0 Å². The molecule has 0 spiro atoms. The Balaban J connectivity index is 4.93. The van der Waals surface area contributed by atoms with Crippen molar-refractivity contribution in [3.05, 3.63) is 0 Å². The average Bonchev–Trinajstić information content (AvgIpc) is 2.00. The summed E-state index contributed by atoms with van der Waals surface area (Å²) in [5.74, 6) is -6.49. The van der Waals surface area contributed by atoms with Crippen LogP contribution in [-0.4, -0.2) is 31.5 Å². The minimum Gasteiger partial charge on any atom is -0.437 e. The van der Waals surface area contributed by atoms with Gasteiger partial charge in [-0.25, -0.2) is 4.79 Å². The van der Waals surface area contributed by atoms with Crippen LogP contribution in [0.4, 0.5) is 35.5 Å². The molecule has 0 rings (SSSR count). The molecule has 0 aromatic carbocycles. The molecule has 0 saturated carbocycles. The first-order chi connectivity index (χ1) is 6.45. The lowest BCUT2D eigenvalue weighted by Crippen LogP contribution is -2.54. The quantitative estimate of drug-likeness (QED) is 0.553. The molecule has 0 atom stereocenters. The third-order valence-electron chi connectivity index (χ3n) is 1.10. The summed E-state index contributed by atoms with van der Waals surface area (Å²) in [6.45, 7) is 0. The van der Waals surface area contributed by atoms with E-state index in [1.165, 1.54) is 0 Å². The monoisotopic (exact) mass is 244 g/mol. The molecule has 0 aliphatic rings. The predicted octanol–water partition coefficient (Wildman–Crippen LogP) is 2.56. The van der Waals surface area contributed by atoms with E-state index in [2.05, 4.69) is 9.47 Å². The Bertz CT molecular complexity index is 246. The highest BCUT2D eigenvalue weighted by molar-refractivity contribution is 5.60. The van der Waals surface area contributed by atoms with E-state index >= 15 is 0 Å². The van der Waals surface area contributed by atoms with Gasteiger partial charge < -0.3 is 9.47 Å². The summed E-state index contributed by atoms with van der Waals surface area (Å²) in [6, 6.07) is 0. The second kappa shape index (κ2) is 3.74. The highest BCUT2D eigenvalue weighted by Crippen LogP contribution is 2.47. The normalized spacial score (nSPS) is 13.6. The molecule has 0 aliphatic carbocycles. The van der Waals surface area contributed by atoms with Gasteiger partial charge in [-0.15, -0.1) is 0 Å². The second-order valence-corrected chi connectivity index (χ2v) is 2.15. The van der Waals surface area contributed by atoms with Crippen LogP contribution in [0.15, 0.2) is 0 Å². The van der Waals surface area contributed by atoms with Crippen molar-refractivity contribution in [3.8, 4) is 0 Å². The van der Waals surface area contributed by atoms with E-state index in [4.69, 9.17) is 0 Å². The van der Waals surface area contributed by atoms with Gasteiger partial charge in [0.05, 0.1) is 7.11 Å². The summed E-state index contributed by atoms with van der Waals surface area (Å²) in [5, 5.41) is 0. The zero-order valence-electron chi connectivity index (χ0n) is 6.87. The SMILES string of the molecule is COC(=O)OC(F)(F)C(F)(F)C(F)(F)F. The van der Waals surface area contributed by atoms with Crippen LogP contribution < -0.4 is 0 Å². The van der Waals surface area contributed by atoms with Crippen LogP contribution in [0.2, 0.25) is 0 Å². The fourth-order valence-electron chi connectivity index (χ4n) is 0.375. The van der Waals surface area contributed by atoms with Crippen molar-refractivity contribution in [1.29, 1.82) is 0 Å². The lowest BCUT2D eigenvalue weighted by Gasteiger charge is -2.26. The largest absolute Gasteiger partial charge is 0.512 e. The molecule has 0 radical (unpaired) electrons. The average molecular weight is 244 g/mol. The number of ether oxygens (including phenoxy) is 2. The standard InChI is InChI=1S/C5H3F7O3/c1-14-2(13)15-5(11,12)3(6,7)4(8,9)10/h1H3. The Morgan fingerprint density at radius 2 is 1.40 bits per heavy atom. The lowest BCUT2D eigenvalue weighted by molar-refractivity contribution is -0.411. The molecule has 0 N–H and O–H groups in total. The molecular formula is C5H3F7O3. The highest BCUT2D eigenvalue weighted by atomic mass is 19.4. The van der Waals surface area contributed by atoms with Gasteiger partial charge in [-0.2, -0.15) is 30.7 Å². The number of methoxy groups -OCH3 is 1. The van der Waals surface area contributed by atoms with Crippen LogP contribution in [-0.2, 0) is 9.47 Å². The summed E-state index contributed by atoms with van der Waals surface area (Å²) in [7, 11) is 0.462. The van der Waals surface area contributed by atoms with Gasteiger partial charge in [0, 0.05) is 0 Å². The number of halogens is 7. The van der Waals surface area contributed by atoms with Crippen molar-refractivity contribution in [2.45, 2.75) is 18.2 Å². The maximum Gasteiger partial charge on any atom is 0.512 e. The molecule has 0 fully saturated rings. The summed E-state index contributed by atoms with van der Waals surface area (Å²) < 4.78 is 88.4. The Labute approximate surface area is 77.7 Å². The predicted molar refractivity (Wildman–Crippen MR) is 29.4 cm³/mol. The Kier molecular flexibility index (Phi) is 3.43. The molecular weight excluding hydrogens is 241 g/mol. The fraction of sp³-hybridized carbons (Fsp3) is 0.800. The zero-order valence-corrected chi connectivity index (χ0v) is 6.87. The van der Waals surface area contributed by atoms with Gasteiger partial charge in [-0.3, -0.25) is 0 Å². The minimum atomic E-state index is -6.55. The van der Waals surface area contributed by atoms with Crippen LogP contribution in [0.5, 0.6) is 0 Å². The summed E-state index contributed by atoms with van der Waals surface area (Å²) >= 11 is 0. The number of hydrogen-bond acceptors (Lipinski definition) is 3. The Morgan fingerprint density at radius 3 is 1.67 bits per heavy atom. The van der Waals surface area contributed by atoms with Gasteiger partial charge in [-0.1, -0.05) is 0 Å². The van der Waals surface area contributed by atoms with E-state index in [0.717, 1.165) is 0 Å². The molecule has 10 heteroatoms. The number of alkyl halides is 7. The van der Waals surface area contributed by atoms with E-state index in [0.29, 0.717) is 7.11 Å². The molecule has 0 aliphatic heterocycles. The van der Waals surface area contributed by atoms with Crippen molar-refractivity contribution >= 4 is 6.16 Å². The highest BCUT2D eigenvalue weighted by Gasteiger charge is 2.76. The topological polar surface area (TPSA) is 35.5 Å². The minimum absolute atomic E-state index is 0.462. The van der Waals surface area contributed by atoms with E-state index < -0.39 is 24.4 Å². The molecule has 90 valence electrons. The van der Waals surface area contributed by atoms with Crippen molar-refractivity contribution in [2.24, 2.45) is 0 Å². The van der Waals surface area contributed by atoms with Gasteiger partial charge in [0.1, 0.15) is 0 Å². The van der Waals surface area contributed by atoms with Crippen LogP contribution in [0.25, 0.3) is 0 Å². The van der Waals surface area contributed by atoms with E-state index in [9.17, 15) is 35.5 Å². The smallest absolute Gasteiger partial charge is 0.437 e. The maximum absolute atomic E-state index is 12.1. The first kappa shape index (κ1) is 13.8. The number of rotatable bonds is 2. The van der Waals surface area contributed by atoms with Crippen molar-refractivity contribution in [3.63, 3.8) is 0 Å². The van der Waals surface area contributed by atoms with Crippen LogP contribution in [0.3, 0.4) is 0 Å². The van der Waals surface area contributed by atoms with Crippen molar-refractivity contribution in [2.75, 3.05) is 7.11 Å². The lowest BCUT2D eigenvalue weighted by atomic mass is 10.3. The second-order valence-electron chi connectivity index (χ2n) is 2.15. The Hall–Kier alpha value is -1.22. The van der Waals surface area contributed by atoms with E-state index in [1.807, 2.05) is 0 Å². The summed E-state index contributed by atoms with van der Waals surface area (Å²) in [5.41, 5.74) is 0. The number of carbonyl (C=O) groups excluding carboxylic acids is 1. The van der Waals surface area contributed by atoms with Gasteiger partial charge in [0.2, 0.25) is 0 Å². The molecule has 15 heavy (non-hydrogen) atoms. The van der Waals surface area contributed by atoms with Crippen LogP contribution >= 0.6 is 0 Å². The Morgan fingerprint density at radius 1 is 1.00 bits per heavy atom.